The molecule has 1 amide bonds. The van der Waals surface area contributed by atoms with Gasteiger partial charge in [0, 0.05) is 13.7 Å². The fraction of sp³-hybridized carbons (Fsp3) is 0.727. The van der Waals surface area contributed by atoms with Crippen molar-refractivity contribution in [1.82, 2.24) is 15.0 Å². The van der Waals surface area contributed by atoms with Gasteiger partial charge in [0.25, 0.3) is 5.91 Å². The van der Waals surface area contributed by atoms with Gasteiger partial charge in [-0.05, 0) is 19.8 Å². The van der Waals surface area contributed by atoms with Gasteiger partial charge in [-0.1, -0.05) is 18.6 Å². The minimum atomic E-state index is -0.515. The topological polar surface area (TPSA) is 83.0 Å². The molecule has 0 aromatic carbocycles. The average Bonchev–Trinajstić information content (AvgIpc) is 2.70. The molecule has 0 aliphatic heterocycles. The van der Waals surface area contributed by atoms with Crippen molar-refractivity contribution in [3.8, 4) is 0 Å². The summed E-state index contributed by atoms with van der Waals surface area (Å²) in [5.41, 5.74) is 6.39. The van der Waals surface area contributed by atoms with Crippen LogP contribution in [0.5, 0.6) is 0 Å². The van der Waals surface area contributed by atoms with Gasteiger partial charge in [0.05, 0.1) is 11.7 Å². The predicted octanol–water partition coefficient (Wildman–Crippen LogP) is 0.927. The molecular weight excluding hydrogens is 220 g/mol. The molecule has 0 radical (unpaired) electrons. The van der Waals surface area contributed by atoms with E-state index in [0.717, 1.165) is 25.0 Å². The maximum atomic E-state index is 11.2. The number of nitrogens with two attached hydrogens (primary N) is 1. The van der Waals surface area contributed by atoms with Gasteiger partial charge in [0.15, 0.2) is 5.69 Å². The van der Waals surface area contributed by atoms with Crippen LogP contribution in [0, 0.1) is 0 Å². The number of hydrogen-bond acceptors (Lipinski definition) is 4. The molecule has 2 N–H and O–H groups in total. The molecule has 0 fully saturated rings. The van der Waals surface area contributed by atoms with Crippen molar-refractivity contribution in [3.05, 3.63) is 11.4 Å². The van der Waals surface area contributed by atoms with E-state index in [0.29, 0.717) is 6.61 Å². The number of ether oxygens (including phenoxy) is 1. The van der Waals surface area contributed by atoms with Crippen molar-refractivity contribution in [2.75, 3.05) is 13.7 Å². The van der Waals surface area contributed by atoms with Crippen molar-refractivity contribution in [3.63, 3.8) is 0 Å². The molecule has 0 aliphatic rings. The third kappa shape index (κ3) is 3.26. The molecule has 6 heteroatoms. The third-order valence-corrected chi connectivity index (χ3v) is 2.67. The Balaban J connectivity index is 2.94. The first-order chi connectivity index (χ1) is 8.11. The molecular formula is C11H20N4O2. The van der Waals surface area contributed by atoms with Crippen LogP contribution in [0.25, 0.3) is 0 Å². The summed E-state index contributed by atoms with van der Waals surface area (Å²) in [7, 11) is 1.66. The summed E-state index contributed by atoms with van der Waals surface area (Å²) in [6.45, 7) is 4.72. The highest BCUT2D eigenvalue weighted by Gasteiger charge is 2.19. The summed E-state index contributed by atoms with van der Waals surface area (Å²) in [6, 6.07) is 0.150. The van der Waals surface area contributed by atoms with Crippen LogP contribution in [0.15, 0.2) is 0 Å². The number of rotatable bonds is 7. The summed E-state index contributed by atoms with van der Waals surface area (Å²) >= 11 is 0. The summed E-state index contributed by atoms with van der Waals surface area (Å²) in [4.78, 5) is 11.2. The zero-order chi connectivity index (χ0) is 12.8. The van der Waals surface area contributed by atoms with E-state index in [4.69, 9.17) is 10.5 Å². The van der Waals surface area contributed by atoms with Gasteiger partial charge in [0.2, 0.25) is 0 Å². The zero-order valence-electron chi connectivity index (χ0n) is 10.6. The number of amides is 1. The fourth-order valence-corrected chi connectivity index (χ4v) is 1.74. The van der Waals surface area contributed by atoms with E-state index in [-0.39, 0.29) is 11.7 Å². The van der Waals surface area contributed by atoms with Gasteiger partial charge in [0.1, 0.15) is 0 Å². The van der Waals surface area contributed by atoms with Gasteiger partial charge in [-0.3, -0.25) is 4.79 Å². The number of primary amides is 1. The number of hydrogen-bond donors (Lipinski definition) is 1. The van der Waals surface area contributed by atoms with Crippen LogP contribution in [0.3, 0.4) is 0 Å². The van der Waals surface area contributed by atoms with Gasteiger partial charge in [-0.2, -0.15) is 0 Å². The molecule has 0 saturated heterocycles. The van der Waals surface area contributed by atoms with E-state index >= 15 is 0 Å². The van der Waals surface area contributed by atoms with Crippen LogP contribution in [-0.2, 0) is 11.2 Å². The van der Waals surface area contributed by atoms with Gasteiger partial charge in [-0.25, -0.2) is 4.68 Å². The van der Waals surface area contributed by atoms with E-state index in [1.54, 1.807) is 11.8 Å². The van der Waals surface area contributed by atoms with Crippen LogP contribution in [-0.4, -0.2) is 34.6 Å². The van der Waals surface area contributed by atoms with Crippen LogP contribution in [0.1, 0.15) is 48.9 Å². The van der Waals surface area contributed by atoms with Gasteiger partial charge in [-0.15, -0.1) is 5.10 Å². The van der Waals surface area contributed by atoms with Gasteiger partial charge < -0.3 is 10.5 Å². The molecule has 0 aliphatic carbocycles. The quantitative estimate of drug-likeness (QED) is 0.768. The molecule has 17 heavy (non-hydrogen) atoms. The zero-order valence-corrected chi connectivity index (χ0v) is 10.6. The Bertz CT molecular complexity index is 376. The highest BCUT2D eigenvalue weighted by Crippen LogP contribution is 2.16. The standard InChI is InChI=1S/C11H20N4O2/c1-4-5-9-10(11(12)16)13-14-15(9)8(2)6-7-17-3/h8H,4-7H2,1-3H3,(H2,12,16). The lowest BCUT2D eigenvalue weighted by molar-refractivity contribution is 0.0994. The molecule has 1 atom stereocenters. The smallest absolute Gasteiger partial charge is 0.271 e. The highest BCUT2D eigenvalue weighted by atomic mass is 16.5. The Kier molecular flexibility index (Phi) is 5.09. The molecule has 6 nitrogen and oxygen atoms in total. The number of carbonyl (C=O) groups excluding carboxylic acids is 1. The SMILES string of the molecule is CCCc1c(C(N)=O)nnn1C(C)CCOC. The molecule has 1 unspecified atom stereocenters. The van der Waals surface area contributed by atoms with Crippen LogP contribution in [0.4, 0.5) is 0 Å². The van der Waals surface area contributed by atoms with Crippen molar-refractivity contribution in [2.24, 2.45) is 5.73 Å². The third-order valence-electron chi connectivity index (χ3n) is 2.67. The van der Waals surface area contributed by atoms with Crippen LogP contribution in [0.2, 0.25) is 0 Å². The van der Waals surface area contributed by atoms with E-state index in [2.05, 4.69) is 10.3 Å². The van der Waals surface area contributed by atoms with Crippen molar-refractivity contribution in [2.45, 2.75) is 39.2 Å². The predicted molar refractivity (Wildman–Crippen MR) is 63.7 cm³/mol. The Morgan fingerprint density at radius 1 is 1.59 bits per heavy atom. The molecule has 1 aromatic heterocycles. The number of nitrogens with zero attached hydrogens (tertiary/aromatic N) is 3. The lowest BCUT2D eigenvalue weighted by Crippen LogP contribution is -2.17. The molecule has 0 spiro atoms. The van der Waals surface area contributed by atoms with E-state index in [9.17, 15) is 4.79 Å². The minimum absolute atomic E-state index is 0.150. The van der Waals surface area contributed by atoms with Crippen molar-refractivity contribution in [1.29, 1.82) is 0 Å². The lowest BCUT2D eigenvalue weighted by atomic mass is 10.1. The first-order valence-corrected chi connectivity index (χ1v) is 5.84. The number of carbonyl (C=O) groups is 1. The number of methoxy groups -OCH3 is 1. The lowest BCUT2D eigenvalue weighted by Gasteiger charge is -2.14. The monoisotopic (exact) mass is 240 g/mol. The van der Waals surface area contributed by atoms with E-state index in [1.165, 1.54) is 0 Å². The fourth-order valence-electron chi connectivity index (χ4n) is 1.74. The molecule has 96 valence electrons. The second kappa shape index (κ2) is 6.34. The van der Waals surface area contributed by atoms with Gasteiger partial charge >= 0.3 is 0 Å². The number of aromatic nitrogens is 3. The van der Waals surface area contributed by atoms with E-state index in [1.807, 2.05) is 13.8 Å². The Morgan fingerprint density at radius 2 is 2.29 bits per heavy atom. The van der Waals surface area contributed by atoms with Crippen molar-refractivity contribution < 1.29 is 9.53 Å². The maximum absolute atomic E-state index is 11.2. The Morgan fingerprint density at radius 3 is 2.82 bits per heavy atom. The maximum Gasteiger partial charge on any atom is 0.271 e. The minimum Gasteiger partial charge on any atom is -0.385 e. The molecule has 1 heterocycles. The molecule has 0 bridgehead atoms. The van der Waals surface area contributed by atoms with E-state index < -0.39 is 5.91 Å². The van der Waals surface area contributed by atoms with Crippen LogP contribution >= 0.6 is 0 Å². The normalized spacial score (nSPS) is 12.6. The first kappa shape index (κ1) is 13.6. The molecule has 1 aromatic rings. The molecule has 0 saturated carbocycles. The summed E-state index contributed by atoms with van der Waals surface area (Å²) < 4.78 is 6.82. The van der Waals surface area contributed by atoms with Crippen molar-refractivity contribution >= 4 is 5.91 Å². The molecule has 1 rings (SSSR count). The summed E-state index contributed by atoms with van der Waals surface area (Å²) in [5, 5.41) is 7.88. The first-order valence-electron chi connectivity index (χ1n) is 5.84. The summed E-state index contributed by atoms with van der Waals surface area (Å²) in [6.07, 6.45) is 2.50. The summed E-state index contributed by atoms with van der Waals surface area (Å²) in [5.74, 6) is -0.515. The second-order valence-corrected chi connectivity index (χ2v) is 4.07. The largest absolute Gasteiger partial charge is 0.385 e. The average molecular weight is 240 g/mol. The highest BCUT2D eigenvalue weighted by molar-refractivity contribution is 5.91. The Hall–Kier alpha value is -1.43. The van der Waals surface area contributed by atoms with Crippen LogP contribution < -0.4 is 5.73 Å². The Labute approximate surface area is 101 Å². The second-order valence-electron chi connectivity index (χ2n) is 4.07.